The van der Waals surface area contributed by atoms with Crippen LogP contribution in [0.15, 0.2) is 18.2 Å². The summed E-state index contributed by atoms with van der Waals surface area (Å²) in [6.45, 7) is 3.27. The van der Waals surface area contributed by atoms with Crippen molar-refractivity contribution < 1.29 is 22.6 Å². The Morgan fingerprint density at radius 1 is 1.18 bits per heavy atom. The van der Waals surface area contributed by atoms with Gasteiger partial charge in [0.2, 0.25) is 0 Å². The average Bonchev–Trinajstić information content (AvgIpc) is 2.24. The van der Waals surface area contributed by atoms with E-state index in [0.717, 1.165) is 12.0 Å². The first-order chi connectivity index (χ1) is 7.92. The predicted molar refractivity (Wildman–Crippen MR) is 58.1 cm³/mol. The molecule has 0 aromatic heterocycles. The number of hydrogen-bond donors (Lipinski definition) is 0. The van der Waals surface area contributed by atoms with Crippen molar-refractivity contribution in [1.29, 1.82) is 0 Å². The maximum absolute atomic E-state index is 11.7. The summed E-state index contributed by atoms with van der Waals surface area (Å²) in [4.78, 5) is 0. The van der Waals surface area contributed by atoms with Gasteiger partial charge in [0.1, 0.15) is 12.4 Å². The van der Waals surface area contributed by atoms with Crippen molar-refractivity contribution in [2.45, 2.75) is 26.6 Å². The monoisotopic (exact) mass is 248 g/mol. The lowest BCUT2D eigenvalue weighted by Gasteiger charge is -2.11. The fourth-order valence-electron chi connectivity index (χ4n) is 1.40. The second-order valence-corrected chi connectivity index (χ2v) is 3.60. The molecule has 0 radical (unpaired) electrons. The van der Waals surface area contributed by atoms with E-state index >= 15 is 0 Å². The second kappa shape index (κ2) is 5.91. The molecule has 1 aromatic rings. The Kier molecular flexibility index (Phi) is 4.81. The first-order valence-electron chi connectivity index (χ1n) is 5.35. The third-order valence-electron chi connectivity index (χ3n) is 2.25. The molecule has 0 aliphatic rings. The zero-order chi connectivity index (χ0) is 12.9. The smallest absolute Gasteiger partial charge is 0.491 e. The zero-order valence-electron chi connectivity index (χ0n) is 9.80. The Morgan fingerprint density at radius 3 is 2.41 bits per heavy atom. The number of benzene rings is 1. The summed E-state index contributed by atoms with van der Waals surface area (Å²) in [5, 5.41) is 0. The van der Waals surface area contributed by atoms with E-state index in [1.165, 1.54) is 5.56 Å². The summed E-state index contributed by atoms with van der Waals surface area (Å²) in [5.41, 5.74) is 2.08. The minimum atomic E-state index is -4.59. The highest BCUT2D eigenvalue weighted by atomic mass is 19.4. The van der Waals surface area contributed by atoms with Crippen LogP contribution < -0.4 is 4.74 Å². The van der Waals surface area contributed by atoms with E-state index in [2.05, 4.69) is 4.74 Å². The van der Waals surface area contributed by atoms with Gasteiger partial charge in [-0.2, -0.15) is 0 Å². The van der Waals surface area contributed by atoms with Gasteiger partial charge in [0, 0.05) is 0 Å². The lowest BCUT2D eigenvalue weighted by Crippen LogP contribution is -2.18. The van der Waals surface area contributed by atoms with Crippen LogP contribution in [0.25, 0.3) is 0 Å². The van der Waals surface area contributed by atoms with E-state index in [0.29, 0.717) is 5.75 Å². The van der Waals surface area contributed by atoms with Gasteiger partial charge in [0.05, 0.1) is 6.61 Å². The summed E-state index contributed by atoms with van der Waals surface area (Å²) in [5.74, 6) is 0.591. The Morgan fingerprint density at radius 2 is 1.88 bits per heavy atom. The molecule has 0 unspecified atom stereocenters. The molecule has 1 rings (SSSR count). The SMILES string of the molecule is CCc1ccc(OCCOC(F)(F)F)c(C)c1. The molecular weight excluding hydrogens is 233 g/mol. The van der Waals surface area contributed by atoms with Gasteiger partial charge in [-0.15, -0.1) is 13.2 Å². The van der Waals surface area contributed by atoms with Crippen molar-refractivity contribution in [3.8, 4) is 5.75 Å². The van der Waals surface area contributed by atoms with Crippen LogP contribution in [0.4, 0.5) is 13.2 Å². The molecule has 0 atom stereocenters. The van der Waals surface area contributed by atoms with E-state index < -0.39 is 13.0 Å². The molecule has 0 bridgehead atoms. The van der Waals surface area contributed by atoms with Crippen molar-refractivity contribution in [1.82, 2.24) is 0 Å². The molecule has 0 spiro atoms. The van der Waals surface area contributed by atoms with Crippen LogP contribution in [0.5, 0.6) is 5.75 Å². The van der Waals surface area contributed by atoms with Gasteiger partial charge in [-0.05, 0) is 30.5 Å². The van der Waals surface area contributed by atoms with E-state index in [4.69, 9.17) is 4.74 Å². The van der Waals surface area contributed by atoms with Crippen LogP contribution >= 0.6 is 0 Å². The Hall–Kier alpha value is -1.23. The summed E-state index contributed by atoms with van der Waals surface area (Å²) >= 11 is 0. The Labute approximate surface area is 98.3 Å². The standard InChI is InChI=1S/C12H15F3O2/c1-3-10-4-5-11(9(2)8-10)16-6-7-17-12(13,14)15/h4-5,8H,3,6-7H2,1-2H3. The van der Waals surface area contributed by atoms with Crippen LogP contribution in [0.3, 0.4) is 0 Å². The maximum atomic E-state index is 11.7. The van der Waals surface area contributed by atoms with E-state index in [1.807, 2.05) is 26.0 Å². The van der Waals surface area contributed by atoms with Gasteiger partial charge in [0.25, 0.3) is 0 Å². The summed E-state index contributed by atoms with van der Waals surface area (Å²) in [7, 11) is 0. The van der Waals surface area contributed by atoms with Crippen LogP contribution in [-0.2, 0) is 11.2 Å². The molecule has 1 aromatic carbocycles. The second-order valence-electron chi connectivity index (χ2n) is 3.60. The highest BCUT2D eigenvalue weighted by Crippen LogP contribution is 2.20. The van der Waals surface area contributed by atoms with Gasteiger partial charge < -0.3 is 4.74 Å². The molecule has 0 saturated carbocycles. The fraction of sp³-hybridized carbons (Fsp3) is 0.500. The van der Waals surface area contributed by atoms with Gasteiger partial charge in [-0.3, -0.25) is 4.74 Å². The van der Waals surface area contributed by atoms with E-state index in [9.17, 15) is 13.2 Å². The third-order valence-corrected chi connectivity index (χ3v) is 2.25. The zero-order valence-corrected chi connectivity index (χ0v) is 9.80. The number of hydrogen-bond acceptors (Lipinski definition) is 2. The largest absolute Gasteiger partial charge is 0.522 e. The summed E-state index contributed by atoms with van der Waals surface area (Å²) < 4.78 is 43.9. The highest BCUT2D eigenvalue weighted by Gasteiger charge is 2.28. The molecule has 0 fully saturated rings. The first kappa shape index (κ1) is 13.8. The minimum absolute atomic E-state index is 0.119. The van der Waals surface area contributed by atoms with Crippen molar-refractivity contribution in [3.63, 3.8) is 0 Å². The van der Waals surface area contributed by atoms with Crippen LogP contribution in [0.1, 0.15) is 18.1 Å². The van der Waals surface area contributed by atoms with Gasteiger partial charge in [-0.1, -0.05) is 19.1 Å². The summed E-state index contributed by atoms with van der Waals surface area (Å²) in [6, 6.07) is 5.62. The summed E-state index contributed by atoms with van der Waals surface area (Å²) in [6.07, 6.45) is -3.68. The predicted octanol–water partition coefficient (Wildman–Crippen LogP) is 3.47. The fourth-order valence-corrected chi connectivity index (χ4v) is 1.40. The highest BCUT2D eigenvalue weighted by molar-refractivity contribution is 5.36. The molecule has 2 nitrogen and oxygen atoms in total. The number of alkyl halides is 3. The molecule has 0 N–H and O–H groups in total. The molecule has 0 aliphatic heterocycles. The number of ether oxygens (including phenoxy) is 2. The molecule has 96 valence electrons. The van der Waals surface area contributed by atoms with Crippen molar-refractivity contribution >= 4 is 0 Å². The quantitative estimate of drug-likeness (QED) is 0.743. The van der Waals surface area contributed by atoms with Crippen molar-refractivity contribution in [2.24, 2.45) is 0 Å². The minimum Gasteiger partial charge on any atom is -0.491 e. The molecule has 0 amide bonds. The lowest BCUT2D eigenvalue weighted by atomic mass is 10.1. The normalized spacial score (nSPS) is 11.6. The van der Waals surface area contributed by atoms with Crippen LogP contribution in [0, 0.1) is 6.92 Å². The Balaban J connectivity index is 2.42. The molecule has 5 heteroatoms. The Bertz CT molecular complexity index is 361. The molecule has 0 saturated heterocycles. The van der Waals surface area contributed by atoms with Crippen LogP contribution in [0.2, 0.25) is 0 Å². The molecule has 17 heavy (non-hydrogen) atoms. The van der Waals surface area contributed by atoms with Gasteiger partial charge >= 0.3 is 6.36 Å². The van der Waals surface area contributed by atoms with E-state index in [-0.39, 0.29) is 6.61 Å². The topological polar surface area (TPSA) is 18.5 Å². The molecular formula is C12H15F3O2. The average molecular weight is 248 g/mol. The maximum Gasteiger partial charge on any atom is 0.522 e. The van der Waals surface area contributed by atoms with Crippen molar-refractivity contribution in [3.05, 3.63) is 29.3 Å². The number of aryl methyl sites for hydroxylation is 2. The van der Waals surface area contributed by atoms with Gasteiger partial charge in [-0.25, -0.2) is 0 Å². The number of rotatable bonds is 5. The number of halogens is 3. The van der Waals surface area contributed by atoms with E-state index in [1.54, 1.807) is 6.07 Å². The molecule has 0 aliphatic carbocycles. The third kappa shape index (κ3) is 5.08. The lowest BCUT2D eigenvalue weighted by molar-refractivity contribution is -0.325. The van der Waals surface area contributed by atoms with Crippen LogP contribution in [-0.4, -0.2) is 19.6 Å². The molecule has 0 heterocycles. The van der Waals surface area contributed by atoms with Crippen molar-refractivity contribution in [2.75, 3.05) is 13.2 Å². The first-order valence-corrected chi connectivity index (χ1v) is 5.35. The van der Waals surface area contributed by atoms with Gasteiger partial charge in [0.15, 0.2) is 0 Å².